The van der Waals surface area contributed by atoms with Gasteiger partial charge in [0.2, 0.25) is 5.78 Å². The van der Waals surface area contributed by atoms with Gasteiger partial charge in [-0.2, -0.15) is 0 Å². The Bertz CT molecular complexity index is 1170. The number of hydrogen-bond donors (Lipinski definition) is 1. The van der Waals surface area contributed by atoms with Crippen LogP contribution in [0.3, 0.4) is 0 Å². The van der Waals surface area contributed by atoms with Gasteiger partial charge in [0.25, 0.3) is 5.56 Å². The first-order valence-electron chi connectivity index (χ1n) is 7.23. The van der Waals surface area contributed by atoms with Crippen molar-refractivity contribution in [2.24, 2.45) is 0 Å². The van der Waals surface area contributed by atoms with Gasteiger partial charge in [0.1, 0.15) is 5.75 Å². The van der Waals surface area contributed by atoms with E-state index in [0.29, 0.717) is 33.5 Å². The van der Waals surface area contributed by atoms with Gasteiger partial charge in [-0.3, -0.25) is 4.79 Å². The van der Waals surface area contributed by atoms with Gasteiger partial charge in [-0.1, -0.05) is 0 Å². The van der Waals surface area contributed by atoms with Crippen LogP contribution in [0.15, 0.2) is 41.2 Å². The SMILES string of the molecule is COC(=O)c1ccc2nc3[nH]c4cc(OC)ccc4n3c(=O)c2c1. The fourth-order valence-corrected chi connectivity index (χ4v) is 2.80. The molecule has 7 heteroatoms. The smallest absolute Gasteiger partial charge is 0.337 e. The number of aromatic nitrogens is 3. The number of H-pyrrole nitrogens is 1. The Morgan fingerprint density at radius 2 is 2.00 bits per heavy atom. The molecule has 0 spiro atoms. The summed E-state index contributed by atoms with van der Waals surface area (Å²) >= 11 is 0. The summed E-state index contributed by atoms with van der Waals surface area (Å²) in [7, 11) is 2.88. The molecule has 0 aliphatic rings. The van der Waals surface area contributed by atoms with Crippen LogP contribution in [0.4, 0.5) is 0 Å². The Hall–Kier alpha value is -3.35. The molecular formula is C17H13N3O4. The molecule has 0 atom stereocenters. The molecule has 0 aliphatic heterocycles. The molecule has 0 fully saturated rings. The van der Waals surface area contributed by atoms with E-state index in [4.69, 9.17) is 9.47 Å². The number of rotatable bonds is 2. The van der Waals surface area contributed by atoms with E-state index in [2.05, 4.69) is 9.97 Å². The van der Waals surface area contributed by atoms with Crippen molar-refractivity contribution in [1.82, 2.24) is 14.4 Å². The van der Waals surface area contributed by atoms with Gasteiger partial charge >= 0.3 is 5.97 Å². The molecule has 2 heterocycles. The molecule has 4 aromatic rings. The molecule has 120 valence electrons. The number of benzene rings is 2. The molecule has 2 aromatic heterocycles. The zero-order valence-corrected chi connectivity index (χ0v) is 13.0. The molecule has 0 unspecified atom stereocenters. The summed E-state index contributed by atoms with van der Waals surface area (Å²) < 4.78 is 11.4. The Labute approximate surface area is 135 Å². The van der Waals surface area contributed by atoms with Crippen LogP contribution in [0.25, 0.3) is 27.7 Å². The number of carbonyl (C=O) groups excluding carboxylic acids is 1. The van der Waals surface area contributed by atoms with Crippen molar-refractivity contribution < 1.29 is 14.3 Å². The van der Waals surface area contributed by atoms with Crippen molar-refractivity contribution >= 4 is 33.7 Å². The molecule has 2 aromatic carbocycles. The van der Waals surface area contributed by atoms with E-state index in [1.165, 1.54) is 17.6 Å². The van der Waals surface area contributed by atoms with Crippen LogP contribution in [0.5, 0.6) is 5.75 Å². The number of fused-ring (bicyclic) bond motifs is 4. The summed E-state index contributed by atoms with van der Waals surface area (Å²) in [6.45, 7) is 0. The highest BCUT2D eigenvalue weighted by atomic mass is 16.5. The minimum Gasteiger partial charge on any atom is -0.497 e. The van der Waals surface area contributed by atoms with E-state index in [1.807, 2.05) is 0 Å². The largest absolute Gasteiger partial charge is 0.497 e. The predicted octanol–water partition coefficient (Wildman–Crippen LogP) is 2.12. The summed E-state index contributed by atoms with van der Waals surface area (Å²) in [6, 6.07) is 10.1. The molecule has 24 heavy (non-hydrogen) atoms. The van der Waals surface area contributed by atoms with Crippen LogP contribution in [0.2, 0.25) is 0 Å². The first kappa shape index (κ1) is 14.3. The molecule has 0 saturated heterocycles. The monoisotopic (exact) mass is 323 g/mol. The number of nitrogens with one attached hydrogen (secondary N) is 1. The topological polar surface area (TPSA) is 85.7 Å². The lowest BCUT2D eigenvalue weighted by molar-refractivity contribution is 0.0601. The third-order valence-corrected chi connectivity index (χ3v) is 3.98. The normalized spacial score (nSPS) is 11.2. The molecule has 7 nitrogen and oxygen atoms in total. The second-order valence-corrected chi connectivity index (χ2v) is 5.31. The van der Waals surface area contributed by atoms with E-state index in [0.717, 1.165) is 5.52 Å². The van der Waals surface area contributed by atoms with Gasteiger partial charge in [0.15, 0.2) is 0 Å². The maximum absolute atomic E-state index is 12.9. The van der Waals surface area contributed by atoms with Crippen LogP contribution in [-0.4, -0.2) is 34.6 Å². The number of aromatic amines is 1. The second-order valence-electron chi connectivity index (χ2n) is 5.31. The average Bonchev–Trinajstić information content (AvgIpc) is 2.98. The summed E-state index contributed by atoms with van der Waals surface area (Å²) in [5, 5.41) is 0.354. The van der Waals surface area contributed by atoms with Crippen molar-refractivity contribution in [3.63, 3.8) is 0 Å². The Balaban J connectivity index is 2.10. The Kier molecular flexibility index (Phi) is 3.02. The van der Waals surface area contributed by atoms with Gasteiger partial charge in [-0.15, -0.1) is 0 Å². The lowest BCUT2D eigenvalue weighted by atomic mass is 10.1. The highest BCUT2D eigenvalue weighted by Crippen LogP contribution is 2.21. The maximum Gasteiger partial charge on any atom is 0.337 e. The molecule has 4 rings (SSSR count). The third-order valence-electron chi connectivity index (χ3n) is 3.98. The van der Waals surface area contributed by atoms with E-state index >= 15 is 0 Å². The van der Waals surface area contributed by atoms with E-state index < -0.39 is 5.97 Å². The number of imidazole rings is 1. The lowest BCUT2D eigenvalue weighted by Gasteiger charge is -2.02. The lowest BCUT2D eigenvalue weighted by Crippen LogP contribution is -2.15. The van der Waals surface area contributed by atoms with Crippen molar-refractivity contribution in [1.29, 1.82) is 0 Å². The summed E-state index contributed by atoms with van der Waals surface area (Å²) in [5.74, 6) is 0.617. The highest BCUT2D eigenvalue weighted by molar-refractivity contribution is 5.95. The predicted molar refractivity (Wildman–Crippen MR) is 88.7 cm³/mol. The van der Waals surface area contributed by atoms with E-state index in [-0.39, 0.29) is 5.56 Å². The molecule has 0 radical (unpaired) electrons. The minimum absolute atomic E-state index is 0.253. The minimum atomic E-state index is -0.495. The van der Waals surface area contributed by atoms with Gasteiger partial charge in [-0.05, 0) is 30.3 Å². The van der Waals surface area contributed by atoms with Gasteiger partial charge < -0.3 is 14.5 Å². The van der Waals surface area contributed by atoms with E-state index in [9.17, 15) is 9.59 Å². The second kappa shape index (κ2) is 5.09. The first-order valence-corrected chi connectivity index (χ1v) is 7.23. The zero-order valence-electron chi connectivity index (χ0n) is 13.0. The fraction of sp³-hybridized carbons (Fsp3) is 0.118. The number of esters is 1. The van der Waals surface area contributed by atoms with Crippen LogP contribution in [0.1, 0.15) is 10.4 Å². The maximum atomic E-state index is 12.9. The quantitative estimate of drug-likeness (QED) is 0.571. The van der Waals surface area contributed by atoms with Crippen LogP contribution in [-0.2, 0) is 4.74 Å². The molecule has 0 aliphatic carbocycles. The van der Waals surface area contributed by atoms with Crippen molar-refractivity contribution in [3.8, 4) is 5.75 Å². The standard InChI is InChI=1S/C17H13N3O4/c1-23-10-4-6-14-13(8-10)19-17-18-12-5-3-9(16(22)24-2)7-11(12)15(21)20(14)17/h3-8H,1-2H3,(H,18,19). The van der Waals surface area contributed by atoms with Crippen molar-refractivity contribution in [2.45, 2.75) is 0 Å². The number of carbonyl (C=O) groups is 1. The van der Waals surface area contributed by atoms with Gasteiger partial charge in [-0.25, -0.2) is 14.2 Å². The fourth-order valence-electron chi connectivity index (χ4n) is 2.80. The third kappa shape index (κ3) is 1.95. The Morgan fingerprint density at radius 3 is 2.75 bits per heavy atom. The molecule has 0 bridgehead atoms. The molecule has 0 saturated carbocycles. The molecule has 1 N–H and O–H groups in total. The number of ether oxygens (including phenoxy) is 2. The van der Waals surface area contributed by atoms with Crippen LogP contribution < -0.4 is 10.3 Å². The van der Waals surface area contributed by atoms with E-state index in [1.54, 1.807) is 37.4 Å². The van der Waals surface area contributed by atoms with Crippen molar-refractivity contribution in [2.75, 3.05) is 14.2 Å². The Morgan fingerprint density at radius 1 is 1.17 bits per heavy atom. The van der Waals surface area contributed by atoms with Crippen LogP contribution >= 0.6 is 0 Å². The number of methoxy groups -OCH3 is 2. The average molecular weight is 323 g/mol. The zero-order chi connectivity index (χ0) is 16.8. The number of hydrogen-bond acceptors (Lipinski definition) is 5. The summed E-state index contributed by atoms with van der Waals surface area (Å²) in [6.07, 6.45) is 0. The van der Waals surface area contributed by atoms with Gasteiger partial charge in [0.05, 0.1) is 41.7 Å². The van der Waals surface area contributed by atoms with Crippen molar-refractivity contribution in [3.05, 3.63) is 52.3 Å². The van der Waals surface area contributed by atoms with Crippen LogP contribution in [0, 0.1) is 0 Å². The highest BCUT2D eigenvalue weighted by Gasteiger charge is 2.14. The first-order chi connectivity index (χ1) is 11.6. The summed E-state index contributed by atoms with van der Waals surface area (Å²) in [5.41, 5.74) is 1.99. The summed E-state index contributed by atoms with van der Waals surface area (Å²) in [4.78, 5) is 32.2. The van der Waals surface area contributed by atoms with Gasteiger partial charge in [0, 0.05) is 6.07 Å². The molecular weight excluding hydrogens is 310 g/mol. The molecule has 0 amide bonds. The number of nitrogens with zero attached hydrogens (tertiary/aromatic N) is 2.